The van der Waals surface area contributed by atoms with Crippen LogP contribution >= 0.6 is 15.9 Å². The van der Waals surface area contributed by atoms with Gasteiger partial charge in [0.25, 0.3) is 0 Å². The Hall–Kier alpha value is -1.12. The zero-order chi connectivity index (χ0) is 16.0. The quantitative estimate of drug-likeness (QED) is 0.758. The first-order valence-electron chi connectivity index (χ1n) is 6.18. The number of methoxy groups -OCH3 is 1. The van der Waals surface area contributed by atoms with Crippen LogP contribution in [0, 0.1) is 0 Å². The number of halogens is 4. The lowest BCUT2D eigenvalue weighted by molar-refractivity contribution is -0.138. The first-order chi connectivity index (χ1) is 9.75. The van der Waals surface area contributed by atoms with Gasteiger partial charge in [0.2, 0.25) is 5.91 Å². The van der Waals surface area contributed by atoms with E-state index in [2.05, 4.69) is 21.2 Å². The molecular weight excluding hydrogens is 353 g/mol. The number of rotatable bonds is 6. The standard InChI is InChI=1S/C13H16BrF3N2O2/c1-21-6-2-3-11(18)12(20)19-8-4-5-10(14)9(7-8)13(15,16)17/h4-5,7,11H,2-3,6,18H2,1H3,(H,19,20). The van der Waals surface area contributed by atoms with E-state index in [-0.39, 0.29) is 10.2 Å². The van der Waals surface area contributed by atoms with Crippen molar-refractivity contribution in [3.63, 3.8) is 0 Å². The molecule has 0 aromatic heterocycles. The minimum Gasteiger partial charge on any atom is -0.385 e. The van der Waals surface area contributed by atoms with E-state index in [1.807, 2.05) is 0 Å². The molecule has 0 radical (unpaired) electrons. The van der Waals surface area contributed by atoms with E-state index in [1.54, 1.807) is 0 Å². The number of carbonyl (C=O) groups is 1. The van der Waals surface area contributed by atoms with Gasteiger partial charge in [-0.2, -0.15) is 13.2 Å². The Kier molecular flexibility index (Phi) is 6.63. The predicted octanol–water partition coefficient (Wildman–Crippen LogP) is 3.16. The molecule has 4 nitrogen and oxygen atoms in total. The summed E-state index contributed by atoms with van der Waals surface area (Å²) in [6.07, 6.45) is -3.51. The fraction of sp³-hybridized carbons (Fsp3) is 0.462. The zero-order valence-electron chi connectivity index (χ0n) is 11.3. The van der Waals surface area contributed by atoms with Gasteiger partial charge < -0.3 is 15.8 Å². The number of nitrogens with one attached hydrogen (secondary N) is 1. The summed E-state index contributed by atoms with van der Waals surface area (Å²) in [6.45, 7) is 0.470. The normalized spacial score (nSPS) is 13.0. The van der Waals surface area contributed by atoms with E-state index >= 15 is 0 Å². The Morgan fingerprint density at radius 3 is 2.71 bits per heavy atom. The highest BCUT2D eigenvalue weighted by Crippen LogP contribution is 2.36. The monoisotopic (exact) mass is 368 g/mol. The van der Waals surface area contributed by atoms with E-state index < -0.39 is 23.7 Å². The number of benzene rings is 1. The molecule has 1 aromatic rings. The van der Waals surface area contributed by atoms with Crippen LogP contribution in [0.2, 0.25) is 0 Å². The van der Waals surface area contributed by atoms with Gasteiger partial charge in [-0.15, -0.1) is 0 Å². The van der Waals surface area contributed by atoms with Crippen LogP contribution in [0.4, 0.5) is 18.9 Å². The van der Waals surface area contributed by atoms with Crippen LogP contribution in [-0.2, 0) is 15.7 Å². The average Bonchev–Trinajstić information content (AvgIpc) is 2.39. The van der Waals surface area contributed by atoms with Crippen LogP contribution in [0.3, 0.4) is 0 Å². The van der Waals surface area contributed by atoms with Gasteiger partial charge in [-0.3, -0.25) is 4.79 Å². The molecule has 0 bridgehead atoms. The number of hydrogen-bond donors (Lipinski definition) is 2. The third kappa shape index (κ3) is 5.64. The van der Waals surface area contributed by atoms with Crippen molar-refractivity contribution in [3.8, 4) is 0 Å². The van der Waals surface area contributed by atoms with Crippen molar-refractivity contribution in [1.82, 2.24) is 0 Å². The Bertz CT molecular complexity index is 495. The summed E-state index contributed by atoms with van der Waals surface area (Å²) in [5.74, 6) is -0.526. The summed E-state index contributed by atoms with van der Waals surface area (Å²) in [7, 11) is 1.53. The number of carbonyl (C=O) groups excluding carboxylic acids is 1. The highest BCUT2D eigenvalue weighted by Gasteiger charge is 2.33. The third-order valence-corrected chi connectivity index (χ3v) is 3.43. The van der Waals surface area contributed by atoms with Crippen LogP contribution in [-0.4, -0.2) is 25.7 Å². The van der Waals surface area contributed by atoms with Crippen LogP contribution < -0.4 is 11.1 Å². The molecule has 118 valence electrons. The highest BCUT2D eigenvalue weighted by atomic mass is 79.9. The number of ether oxygens (including phenoxy) is 1. The van der Waals surface area contributed by atoms with E-state index in [1.165, 1.54) is 19.2 Å². The predicted molar refractivity (Wildman–Crippen MR) is 76.9 cm³/mol. The van der Waals surface area contributed by atoms with Gasteiger partial charge in [0.15, 0.2) is 0 Å². The van der Waals surface area contributed by atoms with Gasteiger partial charge in [0.1, 0.15) is 0 Å². The van der Waals surface area contributed by atoms with Crippen LogP contribution in [0.5, 0.6) is 0 Å². The molecule has 21 heavy (non-hydrogen) atoms. The molecule has 0 saturated carbocycles. The molecule has 0 aliphatic heterocycles. The molecule has 3 N–H and O–H groups in total. The minimum absolute atomic E-state index is 0.0534. The lowest BCUT2D eigenvalue weighted by Crippen LogP contribution is -2.35. The molecule has 0 saturated heterocycles. The summed E-state index contributed by atoms with van der Waals surface area (Å²) in [5.41, 5.74) is 4.86. The molecule has 0 heterocycles. The second-order valence-electron chi connectivity index (χ2n) is 4.42. The summed E-state index contributed by atoms with van der Waals surface area (Å²) in [4.78, 5) is 11.8. The third-order valence-electron chi connectivity index (χ3n) is 2.74. The van der Waals surface area contributed by atoms with Crippen LogP contribution in [0.15, 0.2) is 22.7 Å². The molecule has 0 fully saturated rings. The Morgan fingerprint density at radius 2 is 2.14 bits per heavy atom. The molecular formula is C13H16BrF3N2O2. The molecule has 1 atom stereocenters. The van der Waals surface area contributed by atoms with Gasteiger partial charge in [-0.1, -0.05) is 15.9 Å². The Balaban J connectivity index is 2.73. The zero-order valence-corrected chi connectivity index (χ0v) is 12.9. The van der Waals surface area contributed by atoms with Gasteiger partial charge in [0, 0.05) is 23.9 Å². The number of nitrogens with two attached hydrogens (primary N) is 1. The Labute approximate surface area is 129 Å². The largest absolute Gasteiger partial charge is 0.417 e. The minimum atomic E-state index is -4.50. The number of hydrogen-bond acceptors (Lipinski definition) is 3. The topological polar surface area (TPSA) is 64.3 Å². The maximum atomic E-state index is 12.7. The number of amides is 1. The fourth-order valence-corrected chi connectivity index (χ4v) is 2.11. The van der Waals surface area contributed by atoms with Gasteiger partial charge in [-0.05, 0) is 31.0 Å². The highest BCUT2D eigenvalue weighted by molar-refractivity contribution is 9.10. The molecule has 1 amide bonds. The first kappa shape index (κ1) is 17.9. The molecule has 1 rings (SSSR count). The van der Waals surface area contributed by atoms with Crippen molar-refractivity contribution in [2.75, 3.05) is 19.0 Å². The van der Waals surface area contributed by atoms with Crippen molar-refractivity contribution >= 4 is 27.5 Å². The van der Waals surface area contributed by atoms with Crippen LogP contribution in [0.25, 0.3) is 0 Å². The number of anilines is 1. The maximum Gasteiger partial charge on any atom is 0.417 e. The average molecular weight is 369 g/mol. The SMILES string of the molecule is COCCCC(N)C(=O)Nc1ccc(Br)c(C(F)(F)F)c1. The lowest BCUT2D eigenvalue weighted by atomic mass is 10.1. The van der Waals surface area contributed by atoms with Crippen molar-refractivity contribution in [3.05, 3.63) is 28.2 Å². The summed E-state index contributed by atoms with van der Waals surface area (Å²) < 4.78 is 43.0. The van der Waals surface area contributed by atoms with Crippen molar-refractivity contribution in [2.45, 2.75) is 25.1 Å². The molecule has 0 aliphatic rings. The van der Waals surface area contributed by atoms with Crippen molar-refractivity contribution in [1.29, 1.82) is 0 Å². The first-order valence-corrected chi connectivity index (χ1v) is 6.97. The van der Waals surface area contributed by atoms with E-state index in [9.17, 15) is 18.0 Å². The lowest BCUT2D eigenvalue weighted by Gasteiger charge is -2.14. The summed E-state index contributed by atoms with van der Waals surface area (Å²) in [5, 5.41) is 2.38. The van der Waals surface area contributed by atoms with E-state index in [0.717, 1.165) is 6.07 Å². The second kappa shape index (κ2) is 7.77. The molecule has 0 aliphatic carbocycles. The molecule has 0 spiro atoms. The van der Waals surface area contributed by atoms with Crippen LogP contribution in [0.1, 0.15) is 18.4 Å². The molecule has 8 heteroatoms. The maximum absolute atomic E-state index is 12.7. The molecule has 1 unspecified atom stereocenters. The fourth-order valence-electron chi connectivity index (χ4n) is 1.63. The van der Waals surface area contributed by atoms with E-state index in [4.69, 9.17) is 10.5 Å². The van der Waals surface area contributed by atoms with Gasteiger partial charge in [0.05, 0.1) is 11.6 Å². The van der Waals surface area contributed by atoms with E-state index in [0.29, 0.717) is 19.4 Å². The number of alkyl halides is 3. The Morgan fingerprint density at radius 1 is 1.48 bits per heavy atom. The molecule has 1 aromatic carbocycles. The van der Waals surface area contributed by atoms with Gasteiger partial charge >= 0.3 is 6.18 Å². The van der Waals surface area contributed by atoms with Gasteiger partial charge in [-0.25, -0.2) is 0 Å². The smallest absolute Gasteiger partial charge is 0.385 e. The van der Waals surface area contributed by atoms with Crippen molar-refractivity contribution in [2.24, 2.45) is 5.73 Å². The second-order valence-corrected chi connectivity index (χ2v) is 5.28. The van der Waals surface area contributed by atoms with Crippen molar-refractivity contribution < 1.29 is 22.7 Å². The summed E-state index contributed by atoms with van der Waals surface area (Å²) >= 11 is 2.83. The summed E-state index contributed by atoms with van der Waals surface area (Å²) in [6, 6.07) is 2.68.